The van der Waals surface area contributed by atoms with Gasteiger partial charge in [-0.25, -0.2) is 9.97 Å². The molecule has 0 atom stereocenters. The lowest BCUT2D eigenvalue weighted by Crippen LogP contribution is -2.13. The summed E-state index contributed by atoms with van der Waals surface area (Å²) in [5.41, 5.74) is 4.70. The molecule has 2 aromatic heterocycles. The fourth-order valence-corrected chi connectivity index (χ4v) is 4.35. The number of anilines is 4. The Morgan fingerprint density at radius 3 is 2.51 bits per heavy atom. The van der Waals surface area contributed by atoms with Crippen LogP contribution in [0.2, 0.25) is 0 Å². The molecule has 1 N–H and O–H groups in total. The second-order valence-electron chi connectivity index (χ2n) is 8.35. The monoisotopic (exact) mass is 481 g/mol. The van der Waals surface area contributed by atoms with Crippen molar-refractivity contribution in [3.8, 4) is 6.07 Å². The van der Waals surface area contributed by atoms with E-state index in [0.29, 0.717) is 22.6 Å². The van der Waals surface area contributed by atoms with E-state index in [2.05, 4.69) is 21.4 Å². The molecule has 0 aliphatic carbocycles. The van der Waals surface area contributed by atoms with Crippen molar-refractivity contribution in [1.82, 2.24) is 9.97 Å². The quantitative estimate of drug-likeness (QED) is 0.286. The smallest absolute Gasteiger partial charge is 0.255 e. The van der Waals surface area contributed by atoms with Crippen molar-refractivity contribution in [3.05, 3.63) is 121 Å². The van der Waals surface area contributed by atoms with Crippen molar-refractivity contribution < 1.29 is 9.21 Å². The maximum atomic E-state index is 12.7. The third-order valence-electron chi connectivity index (χ3n) is 6.06. The molecular weight excluding hydrogens is 462 g/mol. The maximum Gasteiger partial charge on any atom is 0.255 e. The minimum absolute atomic E-state index is 0.287. The summed E-state index contributed by atoms with van der Waals surface area (Å²) in [5.74, 6) is 0.387. The Morgan fingerprint density at radius 2 is 1.70 bits per heavy atom. The van der Waals surface area contributed by atoms with E-state index in [1.807, 2.05) is 77.7 Å². The van der Waals surface area contributed by atoms with Gasteiger partial charge in [0.05, 0.1) is 17.3 Å². The largest absolute Gasteiger partial charge is 0.454 e. The van der Waals surface area contributed by atoms with Crippen LogP contribution in [0.25, 0.3) is 21.9 Å². The van der Waals surface area contributed by atoms with Gasteiger partial charge in [0.25, 0.3) is 5.91 Å². The third kappa shape index (κ3) is 4.13. The number of nitrogens with one attached hydrogen (secondary N) is 1. The molecule has 7 heteroatoms. The number of carbonyl (C=O) groups is 1. The molecule has 7 nitrogen and oxygen atoms in total. The molecule has 0 bridgehead atoms. The molecule has 0 aliphatic rings. The van der Waals surface area contributed by atoms with E-state index in [-0.39, 0.29) is 5.91 Å². The van der Waals surface area contributed by atoms with E-state index in [4.69, 9.17) is 9.68 Å². The fourth-order valence-electron chi connectivity index (χ4n) is 4.35. The highest BCUT2D eigenvalue weighted by molar-refractivity contribution is 6.10. The van der Waals surface area contributed by atoms with Crippen LogP contribution in [-0.2, 0) is 0 Å². The summed E-state index contributed by atoms with van der Waals surface area (Å²) in [6, 6.07) is 31.9. The molecule has 176 valence electrons. The summed E-state index contributed by atoms with van der Waals surface area (Å²) >= 11 is 0. The molecule has 0 saturated heterocycles. The number of nitriles is 1. The summed E-state index contributed by atoms with van der Waals surface area (Å²) in [6.07, 6.45) is 3.20. The van der Waals surface area contributed by atoms with Gasteiger partial charge < -0.3 is 9.73 Å². The van der Waals surface area contributed by atoms with Gasteiger partial charge in [-0.2, -0.15) is 5.26 Å². The highest BCUT2D eigenvalue weighted by atomic mass is 16.3. The minimum Gasteiger partial charge on any atom is -0.454 e. The molecule has 2 heterocycles. The third-order valence-corrected chi connectivity index (χ3v) is 6.06. The molecule has 6 rings (SSSR count). The minimum atomic E-state index is -0.287. The van der Waals surface area contributed by atoms with Crippen LogP contribution >= 0.6 is 0 Å². The molecule has 0 fully saturated rings. The summed E-state index contributed by atoms with van der Waals surface area (Å²) in [7, 11) is 0. The maximum absolute atomic E-state index is 12.7. The van der Waals surface area contributed by atoms with Gasteiger partial charge in [-0.1, -0.05) is 36.4 Å². The summed E-state index contributed by atoms with van der Waals surface area (Å²) in [4.78, 5) is 23.3. The van der Waals surface area contributed by atoms with E-state index >= 15 is 0 Å². The van der Waals surface area contributed by atoms with E-state index in [1.165, 1.54) is 6.33 Å². The van der Waals surface area contributed by atoms with Gasteiger partial charge in [0.15, 0.2) is 5.58 Å². The molecule has 0 unspecified atom stereocenters. The Balaban J connectivity index is 1.39. The number of hydrogen-bond donors (Lipinski definition) is 1. The van der Waals surface area contributed by atoms with Crippen molar-refractivity contribution >= 4 is 50.7 Å². The Labute approximate surface area is 212 Å². The molecule has 6 aromatic rings. The van der Waals surface area contributed by atoms with Crippen LogP contribution in [0.4, 0.5) is 22.9 Å². The first kappa shape index (κ1) is 22.0. The molecule has 0 saturated carbocycles. The molecule has 0 aliphatic heterocycles. The number of furan rings is 1. The SMILES string of the molecule is N#Cc1cccc(C(=O)Nc2ccc(N(c3ccncn3)c3cccc4c3oc3ccccc34)cc2)c1. The Bertz CT molecular complexity index is 1790. The zero-order valence-corrected chi connectivity index (χ0v) is 19.5. The zero-order valence-electron chi connectivity index (χ0n) is 19.5. The predicted octanol–water partition coefficient (Wildman–Crippen LogP) is 6.97. The van der Waals surface area contributed by atoms with Crippen molar-refractivity contribution in [2.45, 2.75) is 0 Å². The lowest BCUT2D eigenvalue weighted by molar-refractivity contribution is 0.102. The molecular formula is C30H19N5O2. The lowest BCUT2D eigenvalue weighted by atomic mass is 10.1. The number of carbonyl (C=O) groups excluding carboxylic acids is 1. The van der Waals surface area contributed by atoms with Crippen molar-refractivity contribution in [2.24, 2.45) is 0 Å². The number of para-hydroxylation sites is 2. The van der Waals surface area contributed by atoms with Crippen LogP contribution in [0.1, 0.15) is 15.9 Å². The van der Waals surface area contributed by atoms with Crippen LogP contribution < -0.4 is 10.2 Å². The number of aromatic nitrogens is 2. The van der Waals surface area contributed by atoms with E-state index in [1.54, 1.807) is 30.5 Å². The van der Waals surface area contributed by atoms with Crippen molar-refractivity contribution in [3.63, 3.8) is 0 Å². The fraction of sp³-hybridized carbons (Fsp3) is 0. The van der Waals surface area contributed by atoms with Gasteiger partial charge in [0.1, 0.15) is 17.7 Å². The van der Waals surface area contributed by atoms with Crippen molar-refractivity contribution in [2.75, 3.05) is 10.2 Å². The molecule has 4 aromatic carbocycles. The average Bonchev–Trinajstić information content (AvgIpc) is 3.34. The van der Waals surface area contributed by atoms with Crippen LogP contribution in [0.3, 0.4) is 0 Å². The lowest BCUT2D eigenvalue weighted by Gasteiger charge is -2.24. The second kappa shape index (κ2) is 9.29. The molecule has 37 heavy (non-hydrogen) atoms. The topological polar surface area (TPSA) is 95.1 Å². The molecule has 0 radical (unpaired) electrons. The Morgan fingerprint density at radius 1 is 0.892 bits per heavy atom. The molecule has 0 spiro atoms. The van der Waals surface area contributed by atoms with Crippen LogP contribution in [0.5, 0.6) is 0 Å². The van der Waals surface area contributed by atoms with Crippen LogP contribution in [-0.4, -0.2) is 15.9 Å². The van der Waals surface area contributed by atoms with Gasteiger partial charge in [0, 0.05) is 33.9 Å². The first-order chi connectivity index (χ1) is 18.2. The van der Waals surface area contributed by atoms with E-state index in [0.717, 1.165) is 33.3 Å². The number of nitrogens with zero attached hydrogens (tertiary/aromatic N) is 4. The number of fused-ring (bicyclic) bond motifs is 3. The highest BCUT2D eigenvalue weighted by Crippen LogP contribution is 2.41. The average molecular weight is 482 g/mol. The van der Waals surface area contributed by atoms with Gasteiger partial charge in [-0.05, 0) is 60.7 Å². The van der Waals surface area contributed by atoms with Crippen molar-refractivity contribution in [1.29, 1.82) is 5.26 Å². The first-order valence-corrected chi connectivity index (χ1v) is 11.6. The number of hydrogen-bond acceptors (Lipinski definition) is 6. The van der Waals surface area contributed by atoms with Gasteiger partial charge in [0.2, 0.25) is 0 Å². The normalized spacial score (nSPS) is 10.8. The summed E-state index contributed by atoms with van der Waals surface area (Å²) in [6.45, 7) is 0. The standard InChI is InChI=1S/C30H19N5O2/c31-18-20-5-3-6-21(17-20)30(36)34-22-11-13-23(14-12-22)35(28-15-16-32-19-33-28)26-9-4-8-25-24-7-1-2-10-27(24)37-29(25)26/h1-17,19H,(H,34,36). The van der Waals surface area contributed by atoms with Gasteiger partial charge >= 0.3 is 0 Å². The molecule has 1 amide bonds. The Kier molecular flexibility index (Phi) is 5.52. The van der Waals surface area contributed by atoms with Gasteiger partial charge in [-0.15, -0.1) is 0 Å². The second-order valence-corrected chi connectivity index (χ2v) is 8.35. The summed E-state index contributed by atoms with van der Waals surface area (Å²) in [5, 5.41) is 14.1. The first-order valence-electron chi connectivity index (χ1n) is 11.6. The number of benzene rings is 4. The predicted molar refractivity (Wildman–Crippen MR) is 143 cm³/mol. The number of rotatable bonds is 5. The van der Waals surface area contributed by atoms with Crippen LogP contribution in [0.15, 0.2) is 114 Å². The highest BCUT2D eigenvalue weighted by Gasteiger charge is 2.20. The zero-order chi connectivity index (χ0) is 25.2. The van der Waals surface area contributed by atoms with Gasteiger partial charge in [-0.3, -0.25) is 9.69 Å². The number of amides is 1. The Hall–Kier alpha value is -5.48. The van der Waals surface area contributed by atoms with E-state index < -0.39 is 0 Å². The summed E-state index contributed by atoms with van der Waals surface area (Å²) < 4.78 is 6.29. The van der Waals surface area contributed by atoms with Crippen LogP contribution in [0, 0.1) is 11.3 Å². The van der Waals surface area contributed by atoms with E-state index in [9.17, 15) is 4.79 Å².